The first-order valence-electron chi connectivity index (χ1n) is 7.55. The predicted octanol–water partition coefficient (Wildman–Crippen LogP) is 1.51. The molecule has 1 aliphatic heterocycles. The van der Waals surface area contributed by atoms with Crippen LogP contribution in [0.15, 0.2) is 18.3 Å². The number of amides is 1. The minimum atomic E-state index is -0.837. The fourth-order valence-corrected chi connectivity index (χ4v) is 2.85. The lowest BCUT2D eigenvalue weighted by Crippen LogP contribution is -2.58. The largest absolute Gasteiger partial charge is 0.478 e. The third-order valence-corrected chi connectivity index (χ3v) is 3.94. The van der Waals surface area contributed by atoms with E-state index in [1.165, 1.54) is 4.90 Å². The number of pyridine rings is 1. The molecule has 0 aromatic carbocycles. The molecule has 7 heteroatoms. The number of carboxylic acid groups (broad SMARTS) is 1. The molecule has 0 radical (unpaired) electrons. The number of carbonyl (C=O) groups is 1. The first-order chi connectivity index (χ1) is 10.5. The summed E-state index contributed by atoms with van der Waals surface area (Å²) in [5.74, 6) is 0.575. The zero-order valence-electron chi connectivity index (χ0n) is 13.1. The number of ether oxygens (including phenoxy) is 1. The molecular formula is C15H24N4O3. The van der Waals surface area contributed by atoms with Crippen LogP contribution in [-0.2, 0) is 0 Å². The lowest BCUT2D eigenvalue weighted by molar-refractivity contribution is 0.0371. The van der Waals surface area contributed by atoms with E-state index >= 15 is 0 Å². The molecule has 0 saturated carbocycles. The number of hydrogen-bond acceptors (Lipinski definition) is 5. The van der Waals surface area contributed by atoms with E-state index in [9.17, 15) is 4.79 Å². The minimum Gasteiger partial charge on any atom is -0.478 e. The van der Waals surface area contributed by atoms with E-state index in [1.54, 1.807) is 18.3 Å². The van der Waals surface area contributed by atoms with Gasteiger partial charge in [-0.2, -0.15) is 0 Å². The van der Waals surface area contributed by atoms with Gasteiger partial charge in [-0.25, -0.2) is 9.78 Å². The molecule has 0 bridgehead atoms. The molecule has 2 unspecified atom stereocenters. The van der Waals surface area contributed by atoms with Crippen molar-refractivity contribution in [3.63, 3.8) is 0 Å². The summed E-state index contributed by atoms with van der Waals surface area (Å²) in [4.78, 5) is 19.0. The second-order valence-electron chi connectivity index (χ2n) is 5.76. The SMILES string of the molecule is CC1CN(C(=O)O)CC(C)N1CCCOc1ccc(N)cn1. The summed E-state index contributed by atoms with van der Waals surface area (Å²) in [6, 6.07) is 3.95. The third-order valence-electron chi connectivity index (χ3n) is 3.94. The van der Waals surface area contributed by atoms with Gasteiger partial charge in [0.05, 0.1) is 18.5 Å². The lowest BCUT2D eigenvalue weighted by atomic mass is 10.1. The first-order valence-corrected chi connectivity index (χ1v) is 7.55. The van der Waals surface area contributed by atoms with Gasteiger partial charge in [0.15, 0.2) is 0 Å². The van der Waals surface area contributed by atoms with Crippen LogP contribution >= 0.6 is 0 Å². The average Bonchev–Trinajstić information content (AvgIpc) is 2.47. The molecule has 1 aliphatic rings. The van der Waals surface area contributed by atoms with Crippen LogP contribution in [0.3, 0.4) is 0 Å². The normalized spacial score (nSPS) is 22.5. The van der Waals surface area contributed by atoms with E-state index in [0.717, 1.165) is 13.0 Å². The van der Waals surface area contributed by atoms with Crippen LogP contribution in [0.2, 0.25) is 0 Å². The topological polar surface area (TPSA) is 91.9 Å². The number of hydrogen-bond donors (Lipinski definition) is 2. The number of nitrogens with zero attached hydrogens (tertiary/aromatic N) is 3. The first kappa shape index (κ1) is 16.4. The standard InChI is InChI=1S/C15H24N4O3/c1-11-9-18(15(20)21)10-12(2)19(11)6-3-7-22-14-5-4-13(16)8-17-14/h4-5,8,11-12H,3,6-7,9-10,16H2,1-2H3,(H,20,21). The molecular weight excluding hydrogens is 284 g/mol. The highest BCUT2D eigenvalue weighted by molar-refractivity contribution is 5.65. The van der Waals surface area contributed by atoms with Crippen molar-refractivity contribution >= 4 is 11.8 Å². The van der Waals surface area contributed by atoms with Crippen LogP contribution in [0.4, 0.5) is 10.5 Å². The van der Waals surface area contributed by atoms with Gasteiger partial charge < -0.3 is 20.5 Å². The summed E-state index contributed by atoms with van der Waals surface area (Å²) < 4.78 is 5.58. The van der Waals surface area contributed by atoms with E-state index in [1.807, 2.05) is 0 Å². The second kappa shape index (κ2) is 7.31. The fraction of sp³-hybridized carbons (Fsp3) is 0.600. The molecule has 1 saturated heterocycles. The Kier molecular flexibility index (Phi) is 5.43. The molecule has 3 N–H and O–H groups in total. The molecule has 1 aromatic heterocycles. The Bertz CT molecular complexity index is 482. The van der Waals surface area contributed by atoms with Crippen molar-refractivity contribution in [2.24, 2.45) is 0 Å². The summed E-state index contributed by atoms with van der Waals surface area (Å²) >= 11 is 0. The van der Waals surface area contributed by atoms with Crippen molar-refractivity contribution in [3.8, 4) is 5.88 Å². The van der Waals surface area contributed by atoms with E-state index in [4.69, 9.17) is 15.6 Å². The molecule has 22 heavy (non-hydrogen) atoms. The summed E-state index contributed by atoms with van der Waals surface area (Å²) in [5, 5.41) is 9.09. The maximum atomic E-state index is 11.1. The molecule has 2 atom stereocenters. The van der Waals surface area contributed by atoms with Crippen molar-refractivity contribution < 1.29 is 14.6 Å². The van der Waals surface area contributed by atoms with E-state index in [0.29, 0.717) is 31.3 Å². The molecule has 1 amide bonds. The molecule has 2 rings (SSSR count). The number of anilines is 1. The zero-order valence-corrected chi connectivity index (χ0v) is 13.1. The molecule has 122 valence electrons. The molecule has 1 fully saturated rings. The Morgan fingerprint density at radius 3 is 2.64 bits per heavy atom. The Morgan fingerprint density at radius 2 is 2.09 bits per heavy atom. The summed E-state index contributed by atoms with van der Waals surface area (Å²) in [6.45, 7) is 6.70. The van der Waals surface area contributed by atoms with Crippen LogP contribution in [0.25, 0.3) is 0 Å². The van der Waals surface area contributed by atoms with Gasteiger partial charge in [-0.15, -0.1) is 0 Å². The second-order valence-corrected chi connectivity index (χ2v) is 5.76. The van der Waals surface area contributed by atoms with Gasteiger partial charge in [0.1, 0.15) is 0 Å². The lowest BCUT2D eigenvalue weighted by Gasteiger charge is -2.43. The Balaban J connectivity index is 1.74. The number of piperazine rings is 1. The molecule has 0 aliphatic carbocycles. The van der Waals surface area contributed by atoms with Crippen molar-refractivity contribution in [1.82, 2.24) is 14.8 Å². The van der Waals surface area contributed by atoms with Gasteiger partial charge in [0.2, 0.25) is 5.88 Å². The van der Waals surface area contributed by atoms with Gasteiger partial charge >= 0.3 is 6.09 Å². The summed E-state index contributed by atoms with van der Waals surface area (Å²) in [6.07, 6.45) is 1.61. The zero-order chi connectivity index (χ0) is 16.1. The minimum absolute atomic E-state index is 0.217. The fourth-order valence-electron chi connectivity index (χ4n) is 2.85. The number of nitrogens with two attached hydrogens (primary N) is 1. The Labute approximate surface area is 130 Å². The molecule has 1 aromatic rings. The molecule has 0 spiro atoms. The average molecular weight is 308 g/mol. The van der Waals surface area contributed by atoms with E-state index in [-0.39, 0.29) is 12.1 Å². The van der Waals surface area contributed by atoms with Gasteiger partial charge in [-0.3, -0.25) is 4.90 Å². The summed E-state index contributed by atoms with van der Waals surface area (Å²) in [5.41, 5.74) is 6.19. The number of rotatable bonds is 5. The monoisotopic (exact) mass is 308 g/mol. The van der Waals surface area contributed by atoms with Crippen molar-refractivity contribution in [2.75, 3.05) is 32.0 Å². The maximum absolute atomic E-state index is 11.1. The van der Waals surface area contributed by atoms with Gasteiger partial charge in [0.25, 0.3) is 0 Å². The van der Waals surface area contributed by atoms with Gasteiger partial charge in [-0.1, -0.05) is 0 Å². The summed E-state index contributed by atoms with van der Waals surface area (Å²) in [7, 11) is 0. The smallest absolute Gasteiger partial charge is 0.407 e. The Hall–Kier alpha value is -2.02. The highest BCUT2D eigenvalue weighted by Crippen LogP contribution is 2.16. The molecule has 7 nitrogen and oxygen atoms in total. The third kappa shape index (κ3) is 4.24. The Morgan fingerprint density at radius 1 is 1.41 bits per heavy atom. The molecule has 2 heterocycles. The van der Waals surface area contributed by atoms with Crippen molar-refractivity contribution in [3.05, 3.63) is 18.3 Å². The number of aromatic nitrogens is 1. The van der Waals surface area contributed by atoms with Crippen LogP contribution in [0.5, 0.6) is 5.88 Å². The van der Waals surface area contributed by atoms with E-state index in [2.05, 4.69) is 23.7 Å². The van der Waals surface area contributed by atoms with Crippen LogP contribution in [0, 0.1) is 0 Å². The van der Waals surface area contributed by atoms with Crippen molar-refractivity contribution in [1.29, 1.82) is 0 Å². The van der Waals surface area contributed by atoms with Crippen LogP contribution < -0.4 is 10.5 Å². The van der Waals surface area contributed by atoms with Gasteiger partial charge in [0, 0.05) is 37.8 Å². The van der Waals surface area contributed by atoms with Crippen LogP contribution in [-0.4, -0.2) is 64.3 Å². The van der Waals surface area contributed by atoms with Crippen LogP contribution in [0.1, 0.15) is 20.3 Å². The van der Waals surface area contributed by atoms with Gasteiger partial charge in [-0.05, 0) is 26.3 Å². The predicted molar refractivity (Wildman–Crippen MR) is 84.0 cm³/mol. The maximum Gasteiger partial charge on any atom is 0.407 e. The quantitative estimate of drug-likeness (QED) is 0.801. The highest BCUT2D eigenvalue weighted by Gasteiger charge is 2.31. The number of nitrogen functional groups attached to an aromatic ring is 1. The highest BCUT2D eigenvalue weighted by atomic mass is 16.5. The van der Waals surface area contributed by atoms with E-state index < -0.39 is 6.09 Å². The van der Waals surface area contributed by atoms with Crippen molar-refractivity contribution in [2.45, 2.75) is 32.4 Å².